The zero-order chi connectivity index (χ0) is 15.4. The van der Waals surface area contributed by atoms with Crippen LogP contribution in [0.3, 0.4) is 0 Å². The van der Waals surface area contributed by atoms with Crippen molar-refractivity contribution in [2.24, 2.45) is 0 Å². The Morgan fingerprint density at radius 3 is 2.59 bits per heavy atom. The smallest absolute Gasteiger partial charge is 0.137 e. The number of nitrogens with one attached hydrogen (secondary N) is 2. The third-order valence-electron chi connectivity index (χ3n) is 5.20. The Balaban J connectivity index is 1.42. The largest absolute Gasteiger partial charge is 0.491 e. The average Bonchev–Trinajstić information content (AvgIpc) is 3.01. The van der Waals surface area contributed by atoms with Gasteiger partial charge in [0.2, 0.25) is 0 Å². The van der Waals surface area contributed by atoms with Gasteiger partial charge in [0.15, 0.2) is 0 Å². The quantitative estimate of drug-likeness (QED) is 0.612. The van der Waals surface area contributed by atoms with Gasteiger partial charge in [-0.1, -0.05) is 6.07 Å². The van der Waals surface area contributed by atoms with Gasteiger partial charge in [0.05, 0.1) is 6.54 Å². The number of hydrogen-bond acceptors (Lipinski definition) is 2. The predicted molar refractivity (Wildman–Crippen MR) is 86.8 cm³/mol. The van der Waals surface area contributed by atoms with E-state index in [4.69, 9.17) is 4.74 Å². The Kier molecular flexibility index (Phi) is 5.34. The Labute approximate surface area is 133 Å². The molecular formula is C18H30N2O2+2. The summed E-state index contributed by atoms with van der Waals surface area (Å²) in [4.78, 5) is 3.20. The van der Waals surface area contributed by atoms with E-state index in [0.29, 0.717) is 6.61 Å². The first-order valence-corrected chi connectivity index (χ1v) is 8.84. The molecular weight excluding hydrogens is 276 g/mol. The third kappa shape index (κ3) is 4.00. The maximum atomic E-state index is 10.2. The van der Waals surface area contributed by atoms with Crippen LogP contribution in [0.5, 0.6) is 5.75 Å². The van der Waals surface area contributed by atoms with E-state index in [-0.39, 0.29) is 6.10 Å². The average molecular weight is 306 g/mol. The van der Waals surface area contributed by atoms with Crippen LogP contribution in [-0.2, 0) is 12.8 Å². The molecule has 1 aromatic carbocycles. The molecule has 3 rings (SSSR count). The van der Waals surface area contributed by atoms with Crippen LogP contribution in [0.25, 0.3) is 0 Å². The number of aliphatic hydroxyl groups is 1. The van der Waals surface area contributed by atoms with E-state index in [1.165, 1.54) is 68.0 Å². The Bertz CT molecular complexity index is 484. The van der Waals surface area contributed by atoms with Crippen LogP contribution in [0.15, 0.2) is 18.2 Å². The van der Waals surface area contributed by atoms with Crippen LogP contribution in [-0.4, -0.2) is 57.1 Å². The molecule has 3 N–H and O–H groups in total. The fourth-order valence-electron chi connectivity index (χ4n) is 3.74. The molecule has 1 aliphatic heterocycles. The van der Waals surface area contributed by atoms with Crippen LogP contribution in [0.1, 0.15) is 24.5 Å². The second kappa shape index (κ2) is 7.44. The van der Waals surface area contributed by atoms with E-state index in [1.807, 2.05) is 6.07 Å². The standard InChI is InChI=1S/C18H28N2O2/c1-2-19-8-10-20(11-9-19)13-17(21)14-22-18-7-6-15-4-3-5-16(15)12-18/h6-7,12,17,21H,2-5,8-11,13-14H2,1H3/p+2/t17-/m0/s1. The molecule has 1 aromatic rings. The minimum Gasteiger partial charge on any atom is -0.491 e. The Hall–Kier alpha value is -1.10. The summed E-state index contributed by atoms with van der Waals surface area (Å²) in [7, 11) is 0. The molecule has 1 fully saturated rings. The molecule has 1 saturated heterocycles. The van der Waals surface area contributed by atoms with Crippen molar-refractivity contribution in [3.8, 4) is 5.75 Å². The second-order valence-electron chi connectivity index (χ2n) is 6.81. The van der Waals surface area contributed by atoms with Crippen molar-refractivity contribution < 1.29 is 19.6 Å². The zero-order valence-corrected chi connectivity index (χ0v) is 13.7. The van der Waals surface area contributed by atoms with E-state index in [1.54, 1.807) is 4.90 Å². The maximum absolute atomic E-state index is 10.2. The highest BCUT2D eigenvalue weighted by molar-refractivity contribution is 5.38. The van der Waals surface area contributed by atoms with Gasteiger partial charge in [-0.3, -0.25) is 0 Å². The summed E-state index contributed by atoms with van der Waals surface area (Å²) < 4.78 is 5.81. The number of ether oxygens (including phenoxy) is 1. The second-order valence-corrected chi connectivity index (χ2v) is 6.81. The molecule has 4 nitrogen and oxygen atoms in total. The van der Waals surface area contributed by atoms with Gasteiger partial charge in [-0.05, 0) is 49.4 Å². The van der Waals surface area contributed by atoms with Crippen molar-refractivity contribution in [3.05, 3.63) is 29.3 Å². The van der Waals surface area contributed by atoms with Gasteiger partial charge in [-0.2, -0.15) is 0 Å². The molecule has 1 aliphatic carbocycles. The summed E-state index contributed by atoms with van der Waals surface area (Å²) in [5, 5.41) is 10.2. The van der Waals surface area contributed by atoms with E-state index >= 15 is 0 Å². The highest BCUT2D eigenvalue weighted by atomic mass is 16.5. The van der Waals surface area contributed by atoms with Crippen molar-refractivity contribution in [1.29, 1.82) is 0 Å². The first kappa shape index (κ1) is 15.8. The number of rotatable bonds is 6. The van der Waals surface area contributed by atoms with Gasteiger partial charge < -0.3 is 19.6 Å². The van der Waals surface area contributed by atoms with Gasteiger partial charge in [-0.15, -0.1) is 0 Å². The van der Waals surface area contributed by atoms with Crippen molar-refractivity contribution >= 4 is 0 Å². The summed E-state index contributed by atoms with van der Waals surface area (Å²) in [6.07, 6.45) is 3.26. The SMILES string of the molecule is CC[NH+]1CC[NH+](C[C@H](O)COc2ccc3c(c2)CCC3)CC1. The summed E-state index contributed by atoms with van der Waals surface area (Å²) in [6, 6.07) is 6.39. The number of quaternary nitrogens is 2. The van der Waals surface area contributed by atoms with Gasteiger partial charge >= 0.3 is 0 Å². The molecule has 0 radical (unpaired) electrons. The lowest BCUT2D eigenvalue weighted by Gasteiger charge is -2.30. The first-order chi connectivity index (χ1) is 10.7. The molecule has 0 aromatic heterocycles. The maximum Gasteiger partial charge on any atom is 0.137 e. The van der Waals surface area contributed by atoms with E-state index < -0.39 is 0 Å². The molecule has 4 heteroatoms. The summed E-state index contributed by atoms with van der Waals surface area (Å²) >= 11 is 0. The van der Waals surface area contributed by atoms with Gasteiger partial charge in [0.25, 0.3) is 0 Å². The molecule has 0 bridgehead atoms. The summed E-state index contributed by atoms with van der Waals surface area (Å²) in [5.41, 5.74) is 2.89. The third-order valence-corrected chi connectivity index (χ3v) is 5.20. The fraction of sp³-hybridized carbons (Fsp3) is 0.667. The number of aliphatic hydroxyl groups excluding tert-OH is 1. The lowest BCUT2D eigenvalue weighted by atomic mass is 10.1. The van der Waals surface area contributed by atoms with E-state index in [9.17, 15) is 5.11 Å². The molecule has 122 valence electrons. The summed E-state index contributed by atoms with van der Waals surface area (Å²) in [5.74, 6) is 0.912. The van der Waals surface area contributed by atoms with E-state index in [2.05, 4.69) is 19.1 Å². The highest BCUT2D eigenvalue weighted by Crippen LogP contribution is 2.25. The summed E-state index contributed by atoms with van der Waals surface area (Å²) in [6.45, 7) is 9.47. The highest BCUT2D eigenvalue weighted by Gasteiger charge is 2.24. The van der Waals surface area contributed by atoms with Gasteiger partial charge in [0, 0.05) is 0 Å². The number of likely N-dealkylation sites (N-methyl/N-ethyl adjacent to an activating group) is 1. The van der Waals surface area contributed by atoms with Crippen LogP contribution in [0.4, 0.5) is 0 Å². The molecule has 0 amide bonds. The van der Waals surface area contributed by atoms with Crippen molar-refractivity contribution in [2.75, 3.05) is 45.9 Å². The molecule has 0 spiro atoms. The number of hydrogen-bond donors (Lipinski definition) is 3. The van der Waals surface area contributed by atoms with Crippen LogP contribution in [0.2, 0.25) is 0 Å². The minimum atomic E-state index is -0.369. The molecule has 0 saturated carbocycles. The lowest BCUT2D eigenvalue weighted by Crippen LogP contribution is -3.28. The molecule has 22 heavy (non-hydrogen) atoms. The minimum absolute atomic E-state index is 0.369. The number of piperazine rings is 1. The van der Waals surface area contributed by atoms with Gasteiger partial charge in [0.1, 0.15) is 51.2 Å². The molecule has 1 heterocycles. The van der Waals surface area contributed by atoms with Crippen molar-refractivity contribution in [2.45, 2.75) is 32.3 Å². The van der Waals surface area contributed by atoms with E-state index in [0.717, 1.165) is 12.3 Å². The Morgan fingerprint density at radius 1 is 1.09 bits per heavy atom. The zero-order valence-electron chi connectivity index (χ0n) is 13.7. The molecule has 1 atom stereocenters. The first-order valence-electron chi connectivity index (χ1n) is 8.84. The monoisotopic (exact) mass is 306 g/mol. The Morgan fingerprint density at radius 2 is 1.82 bits per heavy atom. The lowest BCUT2D eigenvalue weighted by molar-refractivity contribution is -1.01. The number of fused-ring (bicyclic) bond motifs is 1. The van der Waals surface area contributed by atoms with Crippen LogP contribution < -0.4 is 14.5 Å². The van der Waals surface area contributed by atoms with Crippen molar-refractivity contribution in [3.63, 3.8) is 0 Å². The topological polar surface area (TPSA) is 38.3 Å². The normalized spacial score (nSPS) is 25.7. The van der Waals surface area contributed by atoms with Crippen LogP contribution >= 0.6 is 0 Å². The van der Waals surface area contributed by atoms with Crippen LogP contribution in [0, 0.1) is 0 Å². The number of benzene rings is 1. The van der Waals surface area contributed by atoms with Crippen molar-refractivity contribution in [1.82, 2.24) is 0 Å². The van der Waals surface area contributed by atoms with Gasteiger partial charge in [-0.25, -0.2) is 0 Å². The predicted octanol–water partition coefficient (Wildman–Crippen LogP) is -1.28. The number of aryl methyl sites for hydroxylation is 2. The molecule has 0 unspecified atom stereocenters. The molecule has 2 aliphatic rings. The fourth-order valence-corrected chi connectivity index (χ4v) is 3.74.